The zero-order chi connectivity index (χ0) is 46.6. The molecule has 0 N–H and O–H groups in total. The molecule has 0 aliphatic heterocycles. The largest absolute Gasteiger partial charge is 0.310 e. The Morgan fingerprint density at radius 1 is 0.200 bits per heavy atom. The molecule has 0 saturated heterocycles. The van der Waals surface area contributed by atoms with Gasteiger partial charge in [-0.2, -0.15) is 0 Å². The number of para-hydroxylation sites is 5. The second-order valence-corrected chi connectivity index (χ2v) is 18.3. The van der Waals surface area contributed by atoms with Crippen molar-refractivity contribution in [3.8, 4) is 33.4 Å². The third kappa shape index (κ3) is 8.06. The van der Waals surface area contributed by atoms with Crippen molar-refractivity contribution >= 4 is 82.7 Å². The minimum absolute atomic E-state index is 1.07. The second kappa shape index (κ2) is 19.0. The van der Waals surface area contributed by atoms with Crippen LogP contribution in [0.3, 0.4) is 0 Å². The molecule has 0 fully saturated rings. The van der Waals surface area contributed by atoms with Crippen LogP contribution >= 0.6 is 11.3 Å². The van der Waals surface area contributed by atoms with Crippen LogP contribution in [-0.2, 0) is 0 Å². The van der Waals surface area contributed by atoms with Gasteiger partial charge in [0.1, 0.15) is 0 Å². The van der Waals surface area contributed by atoms with Gasteiger partial charge in [-0.3, -0.25) is 0 Å². The molecule has 0 bridgehead atoms. The Morgan fingerprint density at radius 2 is 0.471 bits per heavy atom. The summed E-state index contributed by atoms with van der Waals surface area (Å²) < 4.78 is 2.40. The Hall–Kier alpha value is -8.96. The van der Waals surface area contributed by atoms with E-state index >= 15 is 0 Å². The molecule has 4 heteroatoms. The van der Waals surface area contributed by atoms with Crippen molar-refractivity contribution in [3.05, 3.63) is 285 Å². The average Bonchev–Trinajstić information content (AvgIpc) is 3.86. The molecule has 0 amide bonds. The van der Waals surface area contributed by atoms with E-state index in [4.69, 9.17) is 0 Å². The Morgan fingerprint density at radius 3 is 0.871 bits per heavy atom. The molecule has 12 aromatic rings. The van der Waals surface area contributed by atoms with Crippen molar-refractivity contribution in [3.63, 3.8) is 0 Å². The van der Waals surface area contributed by atoms with E-state index in [-0.39, 0.29) is 0 Å². The lowest BCUT2D eigenvalue weighted by atomic mass is 9.98. The molecular formula is C66H47N3S. The number of rotatable bonds is 12. The summed E-state index contributed by atoms with van der Waals surface area (Å²) in [6.45, 7) is 0. The van der Waals surface area contributed by atoms with E-state index in [1.54, 1.807) is 0 Å². The molecule has 3 nitrogen and oxygen atoms in total. The van der Waals surface area contributed by atoms with E-state index < -0.39 is 0 Å². The fourth-order valence-corrected chi connectivity index (χ4v) is 11.2. The zero-order valence-electron chi connectivity index (χ0n) is 38.4. The number of anilines is 9. The summed E-state index contributed by atoms with van der Waals surface area (Å²) in [4.78, 5) is 7.29. The number of hydrogen-bond donors (Lipinski definition) is 0. The minimum atomic E-state index is 1.07. The topological polar surface area (TPSA) is 9.72 Å². The first-order valence-corrected chi connectivity index (χ1v) is 24.6. The predicted molar refractivity (Wildman–Crippen MR) is 300 cm³/mol. The van der Waals surface area contributed by atoms with Gasteiger partial charge in [0.05, 0.1) is 21.8 Å². The average molecular weight is 914 g/mol. The molecule has 11 aromatic carbocycles. The van der Waals surface area contributed by atoms with E-state index in [0.29, 0.717) is 0 Å². The first kappa shape index (κ1) is 42.4. The van der Waals surface area contributed by atoms with Gasteiger partial charge in [0.25, 0.3) is 0 Å². The van der Waals surface area contributed by atoms with E-state index in [2.05, 4.69) is 300 Å². The summed E-state index contributed by atoms with van der Waals surface area (Å²) in [5.41, 5.74) is 16.9. The Labute approximate surface area is 413 Å². The van der Waals surface area contributed by atoms with Crippen LogP contribution in [0.4, 0.5) is 51.2 Å². The van der Waals surface area contributed by atoms with Gasteiger partial charge in [0.2, 0.25) is 0 Å². The van der Waals surface area contributed by atoms with E-state index in [1.807, 2.05) is 11.3 Å². The maximum Gasteiger partial charge on any atom is 0.0641 e. The van der Waals surface area contributed by atoms with Gasteiger partial charge in [-0.25, -0.2) is 0 Å². The van der Waals surface area contributed by atoms with Crippen LogP contribution in [0.5, 0.6) is 0 Å². The van der Waals surface area contributed by atoms with Crippen LogP contribution in [0.1, 0.15) is 0 Å². The van der Waals surface area contributed by atoms with E-state index in [1.165, 1.54) is 48.0 Å². The minimum Gasteiger partial charge on any atom is -0.310 e. The maximum absolute atomic E-state index is 2.45. The van der Waals surface area contributed by atoms with Gasteiger partial charge in [-0.1, -0.05) is 194 Å². The fraction of sp³-hybridized carbons (Fsp3) is 0. The molecule has 0 atom stereocenters. The highest BCUT2D eigenvalue weighted by Gasteiger charge is 2.28. The molecule has 1 heterocycles. The molecule has 0 radical (unpaired) electrons. The highest BCUT2D eigenvalue weighted by atomic mass is 32.1. The van der Waals surface area contributed by atoms with Crippen molar-refractivity contribution < 1.29 is 0 Å². The number of fused-ring (bicyclic) bond motifs is 3. The summed E-state index contributed by atoms with van der Waals surface area (Å²) >= 11 is 1.88. The van der Waals surface area contributed by atoms with Crippen molar-refractivity contribution in [1.29, 1.82) is 0 Å². The number of nitrogens with zero attached hydrogens (tertiary/aromatic N) is 3. The van der Waals surface area contributed by atoms with E-state index in [9.17, 15) is 0 Å². The lowest BCUT2D eigenvalue weighted by molar-refractivity contribution is 1.28. The van der Waals surface area contributed by atoms with Gasteiger partial charge in [0, 0.05) is 49.6 Å². The smallest absolute Gasteiger partial charge is 0.0641 e. The molecule has 0 spiro atoms. The normalized spacial score (nSPS) is 11.1. The van der Waals surface area contributed by atoms with Crippen LogP contribution in [0.2, 0.25) is 0 Å². The first-order valence-electron chi connectivity index (χ1n) is 23.8. The van der Waals surface area contributed by atoms with Gasteiger partial charge < -0.3 is 14.7 Å². The molecule has 0 saturated carbocycles. The standard InChI is InChI=1S/C66H47N3S/c1-8-22-48(23-9-1)49-36-38-50(39-37-49)51-40-42-58(43-41-51)68(55-30-16-5-17-31-55)61-46-47-62(69(56-32-18-6-19-33-56)57-34-20-7-21-35-57)66-64(61)63-60(45-44-59(65(63)70-66)52-24-10-2-11-25-52)67(53-26-12-3-13-27-53)54-28-14-4-15-29-54/h1-47H. The Kier molecular flexibility index (Phi) is 11.5. The Balaban J connectivity index is 1.16. The number of thiophene rings is 1. The SMILES string of the molecule is c1ccc(-c2ccc(-c3ccc(N(c4ccccc4)c4ccc(N(c5ccccc5)c5ccccc5)c5sc6c(-c7ccccc7)ccc(N(c7ccccc7)c7ccccc7)c6c45)cc3)cc2)cc1. The highest BCUT2D eigenvalue weighted by Crippen LogP contribution is 2.56. The van der Waals surface area contributed by atoms with Gasteiger partial charge in [-0.05, 0) is 124 Å². The van der Waals surface area contributed by atoms with Crippen LogP contribution in [0, 0.1) is 0 Å². The Bertz CT molecular complexity index is 3580. The monoisotopic (exact) mass is 913 g/mol. The van der Waals surface area contributed by atoms with Crippen LogP contribution in [0.15, 0.2) is 285 Å². The summed E-state index contributed by atoms with van der Waals surface area (Å²) in [6, 6.07) is 103. The summed E-state index contributed by atoms with van der Waals surface area (Å²) in [5, 5.41) is 2.35. The van der Waals surface area contributed by atoms with E-state index in [0.717, 1.165) is 56.7 Å². The zero-order valence-corrected chi connectivity index (χ0v) is 39.2. The third-order valence-electron chi connectivity index (χ3n) is 13.0. The van der Waals surface area contributed by atoms with Crippen molar-refractivity contribution in [2.75, 3.05) is 14.7 Å². The first-order chi connectivity index (χ1) is 34.8. The molecule has 1 aromatic heterocycles. The molecule has 12 rings (SSSR count). The van der Waals surface area contributed by atoms with Crippen LogP contribution in [0.25, 0.3) is 53.6 Å². The molecule has 0 aliphatic carbocycles. The number of benzene rings is 11. The van der Waals surface area contributed by atoms with Gasteiger partial charge in [0.15, 0.2) is 0 Å². The summed E-state index contributed by atoms with van der Waals surface area (Å²) in [7, 11) is 0. The molecular weight excluding hydrogens is 867 g/mol. The van der Waals surface area contributed by atoms with Crippen molar-refractivity contribution in [2.45, 2.75) is 0 Å². The molecule has 70 heavy (non-hydrogen) atoms. The van der Waals surface area contributed by atoms with Crippen LogP contribution in [-0.4, -0.2) is 0 Å². The molecule has 0 aliphatic rings. The third-order valence-corrected chi connectivity index (χ3v) is 14.3. The lowest BCUT2D eigenvalue weighted by Gasteiger charge is -2.30. The quantitative estimate of drug-likeness (QED) is 0.121. The highest BCUT2D eigenvalue weighted by molar-refractivity contribution is 7.27. The fourth-order valence-electron chi connectivity index (χ4n) is 9.78. The van der Waals surface area contributed by atoms with Crippen molar-refractivity contribution in [1.82, 2.24) is 0 Å². The van der Waals surface area contributed by atoms with Gasteiger partial charge in [-0.15, -0.1) is 11.3 Å². The lowest BCUT2D eigenvalue weighted by Crippen LogP contribution is -2.13. The maximum atomic E-state index is 2.45. The second-order valence-electron chi connectivity index (χ2n) is 17.3. The van der Waals surface area contributed by atoms with Crippen LogP contribution < -0.4 is 14.7 Å². The number of hydrogen-bond acceptors (Lipinski definition) is 4. The summed E-state index contributed by atoms with van der Waals surface area (Å²) in [6.07, 6.45) is 0. The van der Waals surface area contributed by atoms with Gasteiger partial charge >= 0.3 is 0 Å². The molecule has 332 valence electrons. The summed E-state index contributed by atoms with van der Waals surface area (Å²) in [5.74, 6) is 0. The van der Waals surface area contributed by atoms with Crippen molar-refractivity contribution in [2.24, 2.45) is 0 Å². The molecule has 0 unspecified atom stereocenters. The predicted octanol–water partition coefficient (Wildman–Crippen LogP) is 19.5.